The number of hydrogen-bond acceptors (Lipinski definition) is 6. The summed E-state index contributed by atoms with van der Waals surface area (Å²) in [6.07, 6.45) is 0.577. The summed E-state index contributed by atoms with van der Waals surface area (Å²) in [4.78, 5) is 23.6. The Hall–Kier alpha value is -1.22. The Morgan fingerprint density at radius 1 is 0.800 bits per heavy atom. The van der Waals surface area contributed by atoms with Crippen molar-refractivity contribution in [2.24, 2.45) is 17.2 Å². The molecule has 0 aromatic rings. The van der Waals surface area contributed by atoms with Gasteiger partial charge in [-0.2, -0.15) is 0 Å². The summed E-state index contributed by atoms with van der Waals surface area (Å²) in [5.74, 6) is -0.680. The van der Waals surface area contributed by atoms with Gasteiger partial charge >= 0.3 is 0 Å². The van der Waals surface area contributed by atoms with Gasteiger partial charge < -0.3 is 32.7 Å². The van der Waals surface area contributed by atoms with Gasteiger partial charge in [0, 0.05) is 65.2 Å². The van der Waals surface area contributed by atoms with Gasteiger partial charge in [-0.25, -0.2) is 0 Å². The summed E-state index contributed by atoms with van der Waals surface area (Å²) < 4.78 is 0. The van der Waals surface area contributed by atoms with Crippen molar-refractivity contribution in [1.82, 2.24) is 15.5 Å². The van der Waals surface area contributed by atoms with Crippen LogP contribution in [0.5, 0.6) is 0 Å². The molecule has 8 N–H and O–H groups in total. The maximum absolute atomic E-state index is 10.8. The van der Waals surface area contributed by atoms with E-state index in [1.54, 1.807) is 0 Å². The van der Waals surface area contributed by atoms with E-state index in [0.717, 1.165) is 32.7 Å². The molecule has 0 aromatic carbocycles. The quantitative estimate of drug-likeness (QED) is 0.218. The van der Waals surface area contributed by atoms with Crippen LogP contribution in [0.1, 0.15) is 12.8 Å². The molecule has 0 aliphatic carbocycles. The Balaban J connectivity index is 3.72. The number of hydrogen-bond donors (Lipinski definition) is 5. The lowest BCUT2D eigenvalue weighted by Gasteiger charge is -2.21. The molecule has 2 amide bonds. The summed E-state index contributed by atoms with van der Waals surface area (Å²) in [6, 6.07) is 0. The second kappa shape index (κ2) is 12.8. The topological polar surface area (TPSA) is 140 Å². The summed E-state index contributed by atoms with van der Waals surface area (Å²) in [5, 5.41) is 6.45. The third-order valence-corrected chi connectivity index (χ3v) is 2.75. The summed E-state index contributed by atoms with van der Waals surface area (Å²) >= 11 is 0. The van der Waals surface area contributed by atoms with Crippen molar-refractivity contribution in [1.29, 1.82) is 0 Å². The third-order valence-electron chi connectivity index (χ3n) is 2.75. The number of nitrogens with two attached hydrogens (primary N) is 3. The zero-order chi connectivity index (χ0) is 15.2. The second-order valence-electron chi connectivity index (χ2n) is 4.56. The number of rotatable bonds is 14. The van der Waals surface area contributed by atoms with Gasteiger partial charge in [0.05, 0.1) is 0 Å². The smallest absolute Gasteiger partial charge is 0.218 e. The van der Waals surface area contributed by atoms with E-state index in [1.165, 1.54) is 0 Å². The van der Waals surface area contributed by atoms with Crippen LogP contribution >= 0.6 is 0 Å². The van der Waals surface area contributed by atoms with E-state index in [4.69, 9.17) is 17.2 Å². The van der Waals surface area contributed by atoms with Crippen LogP contribution in [0.2, 0.25) is 0 Å². The van der Waals surface area contributed by atoms with E-state index >= 15 is 0 Å². The van der Waals surface area contributed by atoms with Gasteiger partial charge in [0.2, 0.25) is 11.8 Å². The van der Waals surface area contributed by atoms with Crippen molar-refractivity contribution >= 4 is 11.8 Å². The first-order valence-electron chi connectivity index (χ1n) is 6.96. The van der Waals surface area contributed by atoms with Gasteiger partial charge in [-0.05, 0) is 0 Å². The minimum atomic E-state index is -0.340. The molecule has 8 heteroatoms. The Morgan fingerprint density at radius 2 is 1.30 bits per heavy atom. The van der Waals surface area contributed by atoms with E-state index in [-0.39, 0.29) is 24.7 Å². The third kappa shape index (κ3) is 13.2. The molecule has 8 nitrogen and oxygen atoms in total. The largest absolute Gasteiger partial charge is 0.370 e. The zero-order valence-corrected chi connectivity index (χ0v) is 12.1. The first-order valence-corrected chi connectivity index (χ1v) is 6.96. The number of carbonyl (C=O) groups is 2. The molecule has 0 saturated carbocycles. The highest BCUT2D eigenvalue weighted by atomic mass is 16.1. The SMILES string of the molecule is NCCNCCNCCN(CCC(N)=O)CCC(N)=O. The average molecular weight is 288 g/mol. The normalized spacial score (nSPS) is 10.9. The lowest BCUT2D eigenvalue weighted by Crippen LogP contribution is -2.38. The van der Waals surface area contributed by atoms with Gasteiger partial charge in [-0.3, -0.25) is 9.59 Å². The fraction of sp³-hybridized carbons (Fsp3) is 0.833. The van der Waals surface area contributed by atoms with Crippen LogP contribution in [-0.2, 0) is 9.59 Å². The van der Waals surface area contributed by atoms with Crippen molar-refractivity contribution in [2.45, 2.75) is 12.8 Å². The zero-order valence-electron chi connectivity index (χ0n) is 12.1. The average Bonchev–Trinajstić information content (AvgIpc) is 2.39. The Bertz CT molecular complexity index is 257. The van der Waals surface area contributed by atoms with E-state index in [9.17, 15) is 9.59 Å². The van der Waals surface area contributed by atoms with Crippen LogP contribution in [0.25, 0.3) is 0 Å². The summed E-state index contributed by atoms with van der Waals surface area (Å²) in [6.45, 7) is 5.78. The Morgan fingerprint density at radius 3 is 1.75 bits per heavy atom. The summed E-state index contributed by atoms with van der Waals surface area (Å²) in [7, 11) is 0. The lowest BCUT2D eigenvalue weighted by molar-refractivity contribution is -0.118. The van der Waals surface area contributed by atoms with Crippen LogP contribution in [0.3, 0.4) is 0 Å². The van der Waals surface area contributed by atoms with Crippen LogP contribution in [0, 0.1) is 0 Å². The molecule has 0 unspecified atom stereocenters. The van der Waals surface area contributed by atoms with Crippen molar-refractivity contribution < 1.29 is 9.59 Å². The molecule has 0 bridgehead atoms. The fourth-order valence-corrected chi connectivity index (χ4v) is 1.64. The molecule has 0 aliphatic rings. The molecule has 0 atom stereocenters. The van der Waals surface area contributed by atoms with Crippen molar-refractivity contribution in [3.63, 3.8) is 0 Å². The van der Waals surface area contributed by atoms with Crippen LogP contribution in [0.4, 0.5) is 0 Å². The predicted molar refractivity (Wildman–Crippen MR) is 78.9 cm³/mol. The first-order chi connectivity index (χ1) is 9.56. The molecular weight excluding hydrogens is 260 g/mol. The molecule has 0 spiro atoms. The monoisotopic (exact) mass is 288 g/mol. The highest BCUT2D eigenvalue weighted by Gasteiger charge is 2.07. The van der Waals surface area contributed by atoms with Gasteiger partial charge in [-0.15, -0.1) is 0 Å². The van der Waals surface area contributed by atoms with Crippen LogP contribution in [0.15, 0.2) is 0 Å². The molecule has 0 aliphatic heterocycles. The number of primary amides is 2. The predicted octanol–water partition coefficient (Wildman–Crippen LogP) is -2.82. The highest BCUT2D eigenvalue weighted by molar-refractivity contribution is 5.74. The highest BCUT2D eigenvalue weighted by Crippen LogP contribution is 1.93. The number of nitrogens with one attached hydrogen (secondary N) is 2. The maximum Gasteiger partial charge on any atom is 0.218 e. The van der Waals surface area contributed by atoms with Crippen molar-refractivity contribution in [3.8, 4) is 0 Å². The van der Waals surface area contributed by atoms with Gasteiger partial charge in [-0.1, -0.05) is 0 Å². The van der Waals surface area contributed by atoms with E-state index < -0.39 is 0 Å². The van der Waals surface area contributed by atoms with E-state index in [1.807, 2.05) is 4.90 Å². The maximum atomic E-state index is 10.8. The van der Waals surface area contributed by atoms with E-state index in [0.29, 0.717) is 19.6 Å². The minimum Gasteiger partial charge on any atom is -0.370 e. The summed E-state index contributed by atoms with van der Waals surface area (Å²) in [5.41, 5.74) is 15.6. The molecule has 0 radical (unpaired) electrons. The number of amides is 2. The van der Waals surface area contributed by atoms with Gasteiger partial charge in [0.25, 0.3) is 0 Å². The molecule has 118 valence electrons. The number of carbonyl (C=O) groups excluding carboxylic acids is 2. The number of nitrogens with zero attached hydrogens (tertiary/aromatic N) is 1. The van der Waals surface area contributed by atoms with Crippen LogP contribution in [-0.4, -0.2) is 69.1 Å². The second-order valence-corrected chi connectivity index (χ2v) is 4.56. The molecule has 20 heavy (non-hydrogen) atoms. The first kappa shape index (κ1) is 18.8. The molecule has 0 saturated heterocycles. The van der Waals surface area contributed by atoms with Crippen LogP contribution < -0.4 is 27.8 Å². The molecule has 0 heterocycles. The molecular formula is C12H28N6O2. The molecule has 0 aromatic heterocycles. The fourth-order valence-electron chi connectivity index (χ4n) is 1.64. The molecule has 0 rings (SSSR count). The standard InChI is InChI=1S/C12H28N6O2/c13-3-4-16-5-6-17-7-10-18(8-1-11(14)19)9-2-12(15)20/h16-17H,1-10,13H2,(H2,14,19)(H2,15,20). The van der Waals surface area contributed by atoms with Crippen molar-refractivity contribution in [3.05, 3.63) is 0 Å². The van der Waals surface area contributed by atoms with Gasteiger partial charge in [0.15, 0.2) is 0 Å². The Kier molecular flexibility index (Phi) is 12.0. The minimum absolute atomic E-state index is 0.289. The van der Waals surface area contributed by atoms with Crippen molar-refractivity contribution in [2.75, 3.05) is 52.4 Å². The Labute approximate surface area is 120 Å². The van der Waals surface area contributed by atoms with Gasteiger partial charge in [0.1, 0.15) is 0 Å². The lowest BCUT2D eigenvalue weighted by atomic mass is 10.3. The molecule has 0 fully saturated rings. The van der Waals surface area contributed by atoms with E-state index in [2.05, 4.69) is 10.6 Å².